The predicted octanol–water partition coefficient (Wildman–Crippen LogP) is 1.34. The van der Waals surface area contributed by atoms with Crippen LogP contribution in [0.4, 0.5) is 0 Å². The molecule has 2 aromatic heterocycles. The summed E-state index contributed by atoms with van der Waals surface area (Å²) < 4.78 is 1.60. The molecule has 0 saturated carbocycles. The lowest BCUT2D eigenvalue weighted by Crippen LogP contribution is -2.48. The second-order valence-electron chi connectivity index (χ2n) is 6.41. The van der Waals surface area contributed by atoms with Gasteiger partial charge in [0.25, 0.3) is 0 Å². The zero-order valence-corrected chi connectivity index (χ0v) is 15.4. The summed E-state index contributed by atoms with van der Waals surface area (Å²) >= 11 is 1.48. The van der Waals surface area contributed by atoms with Gasteiger partial charge in [0, 0.05) is 25.2 Å². The van der Waals surface area contributed by atoms with Crippen molar-refractivity contribution >= 4 is 23.2 Å². The van der Waals surface area contributed by atoms with Crippen LogP contribution < -0.4 is 5.32 Å². The van der Waals surface area contributed by atoms with Crippen LogP contribution in [0.2, 0.25) is 0 Å². The van der Waals surface area contributed by atoms with Crippen LogP contribution in [0.5, 0.6) is 0 Å². The molecule has 9 heteroatoms. The average molecular weight is 362 g/mol. The Bertz CT molecular complexity index is 742. The lowest BCUT2D eigenvalue weighted by Gasteiger charge is -2.29. The van der Waals surface area contributed by atoms with E-state index in [-0.39, 0.29) is 17.7 Å². The number of likely N-dealkylation sites (N-methyl/N-ethyl adjacent to an activating group) is 1. The van der Waals surface area contributed by atoms with E-state index in [1.807, 2.05) is 19.2 Å². The largest absolute Gasteiger partial charge is 0.357 e. The second-order valence-corrected chi connectivity index (χ2v) is 7.31. The molecule has 1 aliphatic heterocycles. The number of hydrogen-bond donors (Lipinski definition) is 1. The maximum atomic E-state index is 13.2. The molecule has 3 rings (SSSR count). The first-order valence-electron chi connectivity index (χ1n) is 8.36. The van der Waals surface area contributed by atoms with Gasteiger partial charge >= 0.3 is 0 Å². The number of amides is 2. The van der Waals surface area contributed by atoms with Gasteiger partial charge in [-0.3, -0.25) is 9.59 Å². The van der Waals surface area contributed by atoms with Gasteiger partial charge in [-0.1, -0.05) is 19.1 Å². The normalized spacial score (nSPS) is 18.6. The fourth-order valence-corrected chi connectivity index (χ4v) is 3.79. The summed E-state index contributed by atoms with van der Waals surface area (Å²) in [4.78, 5) is 31.1. The molecule has 0 bridgehead atoms. The first kappa shape index (κ1) is 17.5. The highest BCUT2D eigenvalue weighted by atomic mass is 32.1. The van der Waals surface area contributed by atoms with Gasteiger partial charge in [-0.2, -0.15) is 0 Å². The third kappa shape index (κ3) is 3.41. The third-order valence-electron chi connectivity index (χ3n) is 4.42. The van der Waals surface area contributed by atoms with Crippen LogP contribution in [0.3, 0.4) is 0 Å². The Kier molecular flexibility index (Phi) is 5.12. The van der Waals surface area contributed by atoms with Crippen LogP contribution in [0.15, 0.2) is 17.8 Å². The van der Waals surface area contributed by atoms with E-state index in [9.17, 15) is 9.59 Å². The Morgan fingerprint density at radius 1 is 1.40 bits per heavy atom. The van der Waals surface area contributed by atoms with Crippen molar-refractivity contribution in [1.29, 1.82) is 0 Å². The third-order valence-corrected chi connectivity index (χ3v) is 5.21. The average Bonchev–Trinajstić information content (AvgIpc) is 3.32. The molecule has 1 fully saturated rings. The summed E-state index contributed by atoms with van der Waals surface area (Å²) in [5, 5.41) is 13.6. The van der Waals surface area contributed by atoms with Gasteiger partial charge in [-0.05, 0) is 18.8 Å². The lowest BCUT2D eigenvalue weighted by molar-refractivity contribution is -0.142. The Labute approximate surface area is 150 Å². The maximum absolute atomic E-state index is 13.2. The van der Waals surface area contributed by atoms with Crippen molar-refractivity contribution in [2.24, 2.45) is 5.92 Å². The van der Waals surface area contributed by atoms with E-state index in [2.05, 4.69) is 20.6 Å². The Balaban J connectivity index is 1.86. The fraction of sp³-hybridized carbons (Fsp3) is 0.562. The van der Waals surface area contributed by atoms with E-state index in [0.717, 1.165) is 11.4 Å². The van der Waals surface area contributed by atoms with Crippen molar-refractivity contribution in [3.8, 4) is 10.7 Å². The molecule has 134 valence electrons. The molecule has 1 unspecified atom stereocenters. The molecule has 1 saturated heterocycles. The van der Waals surface area contributed by atoms with Crippen molar-refractivity contribution in [3.63, 3.8) is 0 Å². The number of aromatic nitrogens is 4. The molecule has 2 atom stereocenters. The summed E-state index contributed by atoms with van der Waals surface area (Å²) in [6, 6.07) is -0.896. The molecule has 0 aromatic carbocycles. The van der Waals surface area contributed by atoms with Gasteiger partial charge in [0.2, 0.25) is 11.8 Å². The van der Waals surface area contributed by atoms with E-state index in [4.69, 9.17) is 0 Å². The minimum absolute atomic E-state index is 0.0179. The van der Waals surface area contributed by atoms with Crippen molar-refractivity contribution in [2.45, 2.75) is 38.8 Å². The minimum atomic E-state index is -0.494. The second kappa shape index (κ2) is 7.30. The summed E-state index contributed by atoms with van der Waals surface area (Å²) in [6.45, 7) is 4.53. The summed E-state index contributed by atoms with van der Waals surface area (Å²) in [7, 11) is 1.60. The maximum Gasteiger partial charge on any atom is 0.248 e. The van der Waals surface area contributed by atoms with E-state index in [1.54, 1.807) is 29.0 Å². The van der Waals surface area contributed by atoms with Gasteiger partial charge in [0.05, 0.1) is 6.20 Å². The molecular formula is C16H22N6O2S. The van der Waals surface area contributed by atoms with Crippen LogP contribution in [0.1, 0.15) is 32.7 Å². The smallest absolute Gasteiger partial charge is 0.248 e. The molecule has 1 N–H and O–H groups in total. The van der Waals surface area contributed by atoms with Crippen molar-refractivity contribution in [1.82, 2.24) is 30.2 Å². The first-order chi connectivity index (χ1) is 12.0. The van der Waals surface area contributed by atoms with Crippen molar-refractivity contribution in [2.75, 3.05) is 13.6 Å². The van der Waals surface area contributed by atoms with E-state index >= 15 is 0 Å². The molecule has 2 aromatic rings. The van der Waals surface area contributed by atoms with Gasteiger partial charge < -0.3 is 10.2 Å². The van der Waals surface area contributed by atoms with E-state index in [1.165, 1.54) is 11.3 Å². The van der Waals surface area contributed by atoms with Gasteiger partial charge in [0.1, 0.15) is 22.8 Å². The topological polar surface area (TPSA) is 93.0 Å². The monoisotopic (exact) mass is 362 g/mol. The molecule has 2 amide bonds. The number of likely N-dealkylation sites (tertiary alicyclic amines) is 1. The van der Waals surface area contributed by atoms with Gasteiger partial charge in [-0.25, -0.2) is 9.67 Å². The number of carbonyl (C=O) groups excluding carboxylic acids is 2. The highest BCUT2D eigenvalue weighted by Gasteiger charge is 2.38. The number of thiazole rings is 1. The number of carbonyl (C=O) groups is 2. The van der Waals surface area contributed by atoms with Crippen LogP contribution in [0, 0.1) is 5.92 Å². The quantitative estimate of drug-likeness (QED) is 0.866. The van der Waals surface area contributed by atoms with Crippen molar-refractivity contribution < 1.29 is 9.59 Å². The Morgan fingerprint density at radius 2 is 2.20 bits per heavy atom. The number of rotatable bonds is 5. The highest BCUT2D eigenvalue weighted by molar-refractivity contribution is 7.13. The van der Waals surface area contributed by atoms with Gasteiger partial charge in [-0.15, -0.1) is 16.4 Å². The Hall–Kier alpha value is -2.29. The van der Waals surface area contributed by atoms with E-state index < -0.39 is 12.1 Å². The molecule has 3 heterocycles. The number of nitrogens with zero attached hydrogens (tertiary/aromatic N) is 5. The van der Waals surface area contributed by atoms with E-state index in [0.29, 0.717) is 18.7 Å². The molecule has 1 aliphatic rings. The Morgan fingerprint density at radius 3 is 2.84 bits per heavy atom. The minimum Gasteiger partial charge on any atom is -0.357 e. The predicted molar refractivity (Wildman–Crippen MR) is 93.8 cm³/mol. The van der Waals surface area contributed by atoms with Crippen LogP contribution in [-0.4, -0.2) is 56.3 Å². The number of hydrogen-bond acceptors (Lipinski definition) is 6. The standard InChI is InChI=1S/C16H22N6O2S/c1-10(2)13(16(24)21-7-4-5-12(21)14(23)17-3)22-9-11(19-20-22)15-18-6-8-25-15/h6,8-10,12-13H,4-5,7H2,1-3H3,(H,17,23)/t12-,13?/m0/s1. The van der Waals surface area contributed by atoms with Crippen LogP contribution >= 0.6 is 11.3 Å². The molecule has 0 radical (unpaired) electrons. The lowest BCUT2D eigenvalue weighted by atomic mass is 10.0. The summed E-state index contributed by atoms with van der Waals surface area (Å²) in [6.07, 6.45) is 4.99. The molecule has 25 heavy (non-hydrogen) atoms. The molecule has 0 aliphatic carbocycles. The first-order valence-corrected chi connectivity index (χ1v) is 9.24. The SMILES string of the molecule is CNC(=O)[C@@H]1CCCN1C(=O)C(C(C)C)n1cc(-c2nccs2)nn1. The molecule has 8 nitrogen and oxygen atoms in total. The van der Waals surface area contributed by atoms with Crippen LogP contribution in [0.25, 0.3) is 10.7 Å². The van der Waals surface area contributed by atoms with Gasteiger partial charge in [0.15, 0.2) is 0 Å². The van der Waals surface area contributed by atoms with Crippen LogP contribution in [-0.2, 0) is 9.59 Å². The molecular weight excluding hydrogens is 340 g/mol. The van der Waals surface area contributed by atoms with Crippen molar-refractivity contribution in [3.05, 3.63) is 17.8 Å². The zero-order valence-electron chi connectivity index (χ0n) is 14.5. The fourth-order valence-electron chi connectivity index (χ4n) is 3.20. The zero-order chi connectivity index (χ0) is 18.0. The number of nitrogens with one attached hydrogen (secondary N) is 1. The summed E-state index contributed by atoms with van der Waals surface area (Å²) in [5.74, 6) is -0.184. The highest BCUT2D eigenvalue weighted by Crippen LogP contribution is 2.27. The molecule has 0 spiro atoms. The summed E-state index contributed by atoms with van der Waals surface area (Å²) in [5.41, 5.74) is 0.651.